The summed E-state index contributed by atoms with van der Waals surface area (Å²) in [7, 11) is 0. The Kier molecular flexibility index (Phi) is 1.68. The van der Waals surface area contributed by atoms with Crippen molar-refractivity contribution in [2.75, 3.05) is 0 Å². The number of carbonyl (C=O) groups is 1. The number of nitrogens with zero attached hydrogens (tertiary/aromatic N) is 2. The van der Waals surface area contributed by atoms with Gasteiger partial charge in [-0.25, -0.2) is 4.98 Å². The first-order valence-corrected chi connectivity index (χ1v) is 5.25. The van der Waals surface area contributed by atoms with Gasteiger partial charge in [0.2, 0.25) is 5.28 Å². The maximum Gasteiger partial charge on any atom is 0.203 e. The Labute approximate surface area is 91.7 Å². The van der Waals surface area contributed by atoms with Crippen LogP contribution in [0.1, 0.15) is 17.3 Å². The Morgan fingerprint density at radius 2 is 2.33 bits per heavy atom. The first kappa shape index (κ1) is 8.92. The normalized spacial score (nSPS) is 19.9. The third kappa shape index (κ3) is 1.07. The van der Waals surface area contributed by atoms with Gasteiger partial charge in [-0.05, 0) is 23.7 Å². The minimum absolute atomic E-state index is 0.0187. The summed E-state index contributed by atoms with van der Waals surface area (Å²) in [6, 6.07) is 5.57. The van der Waals surface area contributed by atoms with E-state index in [9.17, 15) is 4.79 Å². The van der Waals surface area contributed by atoms with E-state index < -0.39 is 0 Å². The van der Waals surface area contributed by atoms with Gasteiger partial charge in [-0.3, -0.25) is 4.79 Å². The van der Waals surface area contributed by atoms with Crippen LogP contribution in [0.4, 0.5) is 0 Å². The predicted octanol–water partition coefficient (Wildman–Crippen LogP) is 2.52. The van der Waals surface area contributed by atoms with Crippen LogP contribution in [0, 0.1) is 5.92 Å². The zero-order valence-electron chi connectivity index (χ0n) is 8.20. The molecule has 15 heavy (non-hydrogen) atoms. The summed E-state index contributed by atoms with van der Waals surface area (Å²) >= 11 is 6.03. The van der Waals surface area contributed by atoms with Gasteiger partial charge < -0.3 is 4.57 Å². The van der Waals surface area contributed by atoms with Crippen LogP contribution in [-0.2, 0) is 6.54 Å². The number of rotatable bonds is 0. The summed E-state index contributed by atoms with van der Waals surface area (Å²) in [5.74, 6) is 0.166. The van der Waals surface area contributed by atoms with Crippen molar-refractivity contribution in [2.45, 2.75) is 13.5 Å². The van der Waals surface area contributed by atoms with Crippen molar-refractivity contribution in [2.24, 2.45) is 5.92 Å². The standard InChI is InChI=1S/C11H9ClN2O/c1-6-5-14-9-7(10(6)15)3-2-4-8(9)13-11(14)12/h2-4,6H,5H2,1H3. The van der Waals surface area contributed by atoms with E-state index in [1.54, 1.807) is 0 Å². The van der Waals surface area contributed by atoms with Gasteiger partial charge in [0.05, 0.1) is 11.0 Å². The molecule has 4 heteroatoms. The summed E-state index contributed by atoms with van der Waals surface area (Å²) in [6.45, 7) is 2.55. The zero-order valence-corrected chi connectivity index (χ0v) is 8.95. The SMILES string of the molecule is CC1Cn2c(Cl)nc3cccc(c32)C1=O. The number of Topliss-reactive ketones (excluding diaryl/α,β-unsaturated/α-hetero) is 1. The molecule has 1 aromatic heterocycles. The molecule has 0 saturated carbocycles. The molecule has 1 aliphatic heterocycles. The van der Waals surface area contributed by atoms with Crippen molar-refractivity contribution in [1.29, 1.82) is 0 Å². The lowest BCUT2D eigenvalue weighted by Gasteiger charge is -2.19. The molecule has 3 nitrogen and oxygen atoms in total. The monoisotopic (exact) mass is 220 g/mol. The molecule has 2 aromatic rings. The van der Waals surface area contributed by atoms with E-state index in [0.717, 1.165) is 16.6 Å². The molecule has 1 aliphatic rings. The summed E-state index contributed by atoms with van der Waals surface area (Å²) in [5, 5.41) is 0.469. The molecule has 0 fully saturated rings. The van der Waals surface area contributed by atoms with Gasteiger partial charge in [0.25, 0.3) is 0 Å². The van der Waals surface area contributed by atoms with Gasteiger partial charge in [0.1, 0.15) is 0 Å². The van der Waals surface area contributed by atoms with Crippen LogP contribution in [-0.4, -0.2) is 15.3 Å². The number of aromatic nitrogens is 2. The molecule has 0 aliphatic carbocycles. The van der Waals surface area contributed by atoms with E-state index in [1.807, 2.05) is 29.7 Å². The van der Waals surface area contributed by atoms with E-state index in [1.165, 1.54) is 0 Å². The topological polar surface area (TPSA) is 34.9 Å². The minimum atomic E-state index is -0.0187. The maximum absolute atomic E-state index is 11.9. The number of hydrogen-bond acceptors (Lipinski definition) is 2. The van der Waals surface area contributed by atoms with Gasteiger partial charge >= 0.3 is 0 Å². The second kappa shape index (κ2) is 2.83. The molecule has 3 rings (SSSR count). The second-order valence-electron chi connectivity index (χ2n) is 3.93. The van der Waals surface area contributed by atoms with Crippen LogP contribution >= 0.6 is 11.6 Å². The molecule has 0 N–H and O–H groups in total. The van der Waals surface area contributed by atoms with Crippen LogP contribution in [0.25, 0.3) is 11.0 Å². The average Bonchev–Trinajstić information content (AvgIpc) is 2.53. The number of ketones is 1. The number of benzene rings is 1. The fraction of sp³-hybridized carbons (Fsp3) is 0.273. The first-order chi connectivity index (χ1) is 7.18. The smallest absolute Gasteiger partial charge is 0.203 e. The number of para-hydroxylation sites is 1. The Morgan fingerprint density at radius 1 is 1.53 bits per heavy atom. The third-order valence-electron chi connectivity index (χ3n) is 2.89. The fourth-order valence-electron chi connectivity index (χ4n) is 2.14. The molecule has 0 saturated heterocycles. The Morgan fingerprint density at radius 3 is 3.13 bits per heavy atom. The van der Waals surface area contributed by atoms with Gasteiger partial charge in [0, 0.05) is 18.0 Å². The van der Waals surface area contributed by atoms with Gasteiger partial charge in [0.15, 0.2) is 5.78 Å². The molecule has 1 aromatic carbocycles. The van der Waals surface area contributed by atoms with Crippen molar-refractivity contribution in [3.8, 4) is 0 Å². The van der Waals surface area contributed by atoms with E-state index >= 15 is 0 Å². The number of carbonyl (C=O) groups excluding carboxylic acids is 1. The average molecular weight is 221 g/mol. The summed E-state index contributed by atoms with van der Waals surface area (Å²) < 4.78 is 1.91. The highest BCUT2D eigenvalue weighted by Crippen LogP contribution is 2.30. The molecular weight excluding hydrogens is 212 g/mol. The fourth-order valence-corrected chi connectivity index (χ4v) is 2.39. The van der Waals surface area contributed by atoms with Crippen LogP contribution in [0.15, 0.2) is 18.2 Å². The zero-order chi connectivity index (χ0) is 10.6. The lowest BCUT2D eigenvalue weighted by atomic mass is 9.95. The molecule has 0 bridgehead atoms. The van der Waals surface area contributed by atoms with Gasteiger partial charge in [-0.2, -0.15) is 0 Å². The van der Waals surface area contributed by atoms with Crippen molar-refractivity contribution in [3.05, 3.63) is 29.0 Å². The Bertz CT molecular complexity index is 573. The van der Waals surface area contributed by atoms with Crippen LogP contribution < -0.4 is 0 Å². The molecule has 0 radical (unpaired) electrons. The van der Waals surface area contributed by atoms with E-state index in [0.29, 0.717) is 11.8 Å². The molecule has 1 unspecified atom stereocenters. The number of hydrogen-bond donors (Lipinski definition) is 0. The van der Waals surface area contributed by atoms with Crippen molar-refractivity contribution in [3.63, 3.8) is 0 Å². The van der Waals surface area contributed by atoms with Crippen LogP contribution in [0.3, 0.4) is 0 Å². The van der Waals surface area contributed by atoms with E-state index in [2.05, 4.69) is 4.98 Å². The van der Waals surface area contributed by atoms with Crippen molar-refractivity contribution in [1.82, 2.24) is 9.55 Å². The molecule has 0 amide bonds. The summed E-state index contributed by atoms with van der Waals surface area (Å²) in [6.07, 6.45) is 0. The Hall–Kier alpha value is -1.35. The molecular formula is C11H9ClN2O. The summed E-state index contributed by atoms with van der Waals surface area (Å²) in [4.78, 5) is 16.2. The van der Waals surface area contributed by atoms with E-state index in [-0.39, 0.29) is 11.7 Å². The predicted molar refractivity (Wildman–Crippen MR) is 58.2 cm³/mol. The van der Waals surface area contributed by atoms with Gasteiger partial charge in [-0.1, -0.05) is 13.0 Å². The second-order valence-corrected chi connectivity index (χ2v) is 4.27. The third-order valence-corrected chi connectivity index (χ3v) is 3.18. The largest absolute Gasteiger partial charge is 0.313 e. The number of halogens is 1. The molecule has 0 spiro atoms. The first-order valence-electron chi connectivity index (χ1n) is 4.87. The highest BCUT2D eigenvalue weighted by Gasteiger charge is 2.27. The lowest BCUT2D eigenvalue weighted by Crippen LogP contribution is -2.23. The van der Waals surface area contributed by atoms with E-state index in [4.69, 9.17) is 11.6 Å². The van der Waals surface area contributed by atoms with Crippen molar-refractivity contribution >= 4 is 28.4 Å². The van der Waals surface area contributed by atoms with Crippen LogP contribution in [0.5, 0.6) is 0 Å². The summed E-state index contributed by atoms with van der Waals surface area (Å²) in [5.41, 5.74) is 2.43. The highest BCUT2D eigenvalue weighted by atomic mass is 35.5. The number of imidazole rings is 1. The van der Waals surface area contributed by atoms with Crippen LogP contribution in [0.2, 0.25) is 5.28 Å². The highest BCUT2D eigenvalue weighted by molar-refractivity contribution is 6.29. The molecule has 1 atom stereocenters. The minimum Gasteiger partial charge on any atom is -0.313 e. The van der Waals surface area contributed by atoms with Gasteiger partial charge in [-0.15, -0.1) is 0 Å². The molecule has 76 valence electrons. The lowest BCUT2D eigenvalue weighted by molar-refractivity contribution is 0.0913. The quantitative estimate of drug-likeness (QED) is 0.684. The van der Waals surface area contributed by atoms with Crippen molar-refractivity contribution < 1.29 is 4.79 Å². The maximum atomic E-state index is 11.9. The molecule has 2 heterocycles. The Balaban J connectivity index is 2.47.